The van der Waals surface area contributed by atoms with Crippen molar-refractivity contribution in [1.82, 2.24) is 19.6 Å². The van der Waals surface area contributed by atoms with Gasteiger partial charge in [0.05, 0.1) is 10.7 Å². The Labute approximate surface area is 167 Å². The first-order valence-electron chi connectivity index (χ1n) is 8.08. The first kappa shape index (κ1) is 18.5. The largest absolute Gasteiger partial charge is 0.484 e. The maximum absolute atomic E-state index is 12.9. The normalized spacial score (nSPS) is 11.1. The van der Waals surface area contributed by atoms with Crippen molar-refractivity contribution in [2.45, 2.75) is 17.6 Å². The van der Waals surface area contributed by atoms with Crippen molar-refractivity contribution in [2.75, 3.05) is 0 Å². The van der Waals surface area contributed by atoms with E-state index in [-0.39, 0.29) is 23.9 Å². The first-order valence-corrected chi connectivity index (χ1v) is 9.44. The molecule has 0 fully saturated rings. The van der Waals surface area contributed by atoms with Crippen LogP contribution in [-0.2, 0) is 12.4 Å². The Kier molecular flexibility index (Phi) is 5.27. The highest BCUT2D eigenvalue weighted by molar-refractivity contribution is 7.98. The van der Waals surface area contributed by atoms with Gasteiger partial charge in [0.25, 0.3) is 16.7 Å². The minimum atomic E-state index is -0.339. The molecule has 0 aliphatic carbocycles. The summed E-state index contributed by atoms with van der Waals surface area (Å²) in [6.45, 7) is 0.0650. The Hall–Kier alpha value is -2.91. The summed E-state index contributed by atoms with van der Waals surface area (Å²) < 4.78 is 25.2. The Morgan fingerprint density at radius 3 is 2.82 bits per heavy atom. The van der Waals surface area contributed by atoms with E-state index >= 15 is 0 Å². The highest BCUT2D eigenvalue weighted by Crippen LogP contribution is 2.21. The Balaban J connectivity index is 1.39. The van der Waals surface area contributed by atoms with Gasteiger partial charge in [0.15, 0.2) is 6.61 Å². The molecule has 142 valence electrons. The minimum absolute atomic E-state index is 0.0650. The quantitative estimate of drug-likeness (QED) is 0.441. The van der Waals surface area contributed by atoms with Crippen molar-refractivity contribution in [2.24, 2.45) is 0 Å². The molecule has 0 atom stereocenters. The Morgan fingerprint density at radius 1 is 1.18 bits per heavy atom. The number of benzene rings is 1. The molecular formula is C18H12ClFN4O3S. The van der Waals surface area contributed by atoms with Gasteiger partial charge in [0.1, 0.15) is 17.2 Å². The van der Waals surface area contributed by atoms with Gasteiger partial charge in [-0.1, -0.05) is 23.4 Å². The molecule has 0 aliphatic heterocycles. The summed E-state index contributed by atoms with van der Waals surface area (Å²) in [4.78, 5) is 16.6. The third kappa shape index (κ3) is 4.32. The summed E-state index contributed by atoms with van der Waals surface area (Å²) >= 11 is 7.16. The lowest BCUT2D eigenvalue weighted by Gasteiger charge is -2.03. The zero-order valence-electron chi connectivity index (χ0n) is 14.2. The van der Waals surface area contributed by atoms with E-state index in [0.717, 1.165) is 0 Å². The number of pyridine rings is 1. The molecule has 0 saturated heterocycles. The van der Waals surface area contributed by atoms with Crippen LogP contribution in [0, 0.1) is 5.82 Å². The Bertz CT molecular complexity index is 1180. The molecule has 0 amide bonds. The molecular weight excluding hydrogens is 407 g/mol. The first-order chi connectivity index (χ1) is 13.6. The molecule has 10 heteroatoms. The molecule has 4 aromatic rings. The summed E-state index contributed by atoms with van der Waals surface area (Å²) in [7, 11) is 0. The number of hydrogen-bond donors (Lipinski definition) is 0. The van der Waals surface area contributed by atoms with E-state index in [1.165, 1.54) is 52.7 Å². The van der Waals surface area contributed by atoms with Gasteiger partial charge in [0, 0.05) is 18.0 Å². The molecule has 28 heavy (non-hydrogen) atoms. The van der Waals surface area contributed by atoms with Crippen LogP contribution in [0.4, 0.5) is 4.39 Å². The molecule has 3 heterocycles. The van der Waals surface area contributed by atoms with Crippen molar-refractivity contribution in [3.05, 3.63) is 81.4 Å². The zero-order valence-corrected chi connectivity index (χ0v) is 15.8. The van der Waals surface area contributed by atoms with Gasteiger partial charge in [-0.05, 0) is 36.4 Å². The predicted molar refractivity (Wildman–Crippen MR) is 101 cm³/mol. The standard InChI is InChI=1S/C18H12ClFN4O3S/c19-11-1-6-15-21-13(7-17(25)24(15)8-11)10-28-18-23-22-16(27-18)9-26-14-4-2-12(20)3-5-14/h1-8H,9-10H2. The van der Waals surface area contributed by atoms with Gasteiger partial charge in [-0.3, -0.25) is 9.20 Å². The average Bonchev–Trinajstić information content (AvgIpc) is 3.14. The average molecular weight is 419 g/mol. The van der Waals surface area contributed by atoms with Crippen LogP contribution in [0.2, 0.25) is 5.02 Å². The lowest BCUT2D eigenvalue weighted by Crippen LogP contribution is -2.15. The summed E-state index contributed by atoms with van der Waals surface area (Å²) in [5.41, 5.74) is 0.869. The van der Waals surface area contributed by atoms with Crippen molar-refractivity contribution in [1.29, 1.82) is 0 Å². The molecule has 7 nitrogen and oxygen atoms in total. The number of hydrogen-bond acceptors (Lipinski definition) is 7. The number of aromatic nitrogens is 4. The molecule has 1 aromatic carbocycles. The molecule has 0 spiro atoms. The molecule has 0 unspecified atom stereocenters. The number of nitrogens with zero attached hydrogens (tertiary/aromatic N) is 4. The third-order valence-electron chi connectivity index (χ3n) is 3.64. The van der Waals surface area contributed by atoms with E-state index in [0.29, 0.717) is 33.1 Å². The summed E-state index contributed by atoms with van der Waals surface area (Å²) in [6, 6.07) is 10.4. The van der Waals surface area contributed by atoms with Gasteiger partial charge in [-0.15, -0.1) is 10.2 Å². The van der Waals surface area contributed by atoms with Crippen LogP contribution in [0.25, 0.3) is 5.65 Å². The highest BCUT2D eigenvalue weighted by Gasteiger charge is 2.10. The van der Waals surface area contributed by atoms with Gasteiger partial charge in [-0.2, -0.15) is 0 Å². The van der Waals surface area contributed by atoms with Crippen LogP contribution in [0.5, 0.6) is 5.75 Å². The monoisotopic (exact) mass is 418 g/mol. The summed E-state index contributed by atoms with van der Waals surface area (Å²) in [5, 5.41) is 8.62. The van der Waals surface area contributed by atoms with Crippen molar-refractivity contribution >= 4 is 29.0 Å². The van der Waals surface area contributed by atoms with E-state index in [9.17, 15) is 9.18 Å². The van der Waals surface area contributed by atoms with Crippen molar-refractivity contribution < 1.29 is 13.5 Å². The third-order valence-corrected chi connectivity index (χ3v) is 4.72. The van der Waals surface area contributed by atoms with Gasteiger partial charge in [-0.25, -0.2) is 9.37 Å². The number of thioether (sulfide) groups is 1. The number of fused-ring (bicyclic) bond motifs is 1. The van der Waals surface area contributed by atoms with Crippen LogP contribution < -0.4 is 10.3 Å². The lowest BCUT2D eigenvalue weighted by atomic mass is 10.3. The zero-order chi connectivity index (χ0) is 19.5. The van der Waals surface area contributed by atoms with Gasteiger partial charge >= 0.3 is 0 Å². The molecule has 0 aliphatic rings. The van der Waals surface area contributed by atoms with E-state index < -0.39 is 0 Å². The maximum atomic E-state index is 12.9. The van der Waals surface area contributed by atoms with E-state index in [1.54, 1.807) is 12.1 Å². The topological polar surface area (TPSA) is 82.5 Å². The van der Waals surface area contributed by atoms with Crippen LogP contribution >= 0.6 is 23.4 Å². The van der Waals surface area contributed by atoms with Gasteiger partial charge in [0.2, 0.25) is 0 Å². The second kappa shape index (κ2) is 7.99. The highest BCUT2D eigenvalue weighted by atomic mass is 35.5. The van der Waals surface area contributed by atoms with Crippen LogP contribution in [0.1, 0.15) is 11.6 Å². The fourth-order valence-corrected chi connectivity index (χ4v) is 3.20. The number of ether oxygens (including phenoxy) is 1. The second-order valence-electron chi connectivity index (χ2n) is 5.65. The number of halogens is 2. The van der Waals surface area contributed by atoms with Crippen LogP contribution in [0.15, 0.2) is 63.1 Å². The molecule has 4 rings (SSSR count). The van der Waals surface area contributed by atoms with Crippen molar-refractivity contribution in [3.63, 3.8) is 0 Å². The second-order valence-corrected chi connectivity index (χ2v) is 7.02. The number of rotatable bonds is 6. The molecule has 0 bridgehead atoms. The van der Waals surface area contributed by atoms with E-state index in [2.05, 4.69) is 15.2 Å². The predicted octanol–water partition coefficient (Wildman–Crippen LogP) is 3.74. The molecule has 0 N–H and O–H groups in total. The SMILES string of the molecule is O=c1cc(CSc2nnc(COc3ccc(F)cc3)o2)nc2ccc(Cl)cn12. The van der Waals surface area contributed by atoms with Crippen LogP contribution in [-0.4, -0.2) is 19.6 Å². The van der Waals surface area contributed by atoms with Gasteiger partial charge < -0.3 is 9.15 Å². The lowest BCUT2D eigenvalue weighted by molar-refractivity contribution is 0.252. The molecule has 0 saturated carbocycles. The maximum Gasteiger partial charge on any atom is 0.277 e. The van der Waals surface area contributed by atoms with E-state index in [4.69, 9.17) is 20.8 Å². The fraction of sp³-hybridized carbons (Fsp3) is 0.111. The van der Waals surface area contributed by atoms with Crippen LogP contribution in [0.3, 0.4) is 0 Å². The fourth-order valence-electron chi connectivity index (χ4n) is 2.37. The van der Waals surface area contributed by atoms with E-state index in [1.807, 2.05) is 0 Å². The van der Waals surface area contributed by atoms with Crippen molar-refractivity contribution in [3.8, 4) is 5.75 Å². The summed E-state index contributed by atoms with van der Waals surface area (Å²) in [5.74, 6) is 0.825. The summed E-state index contributed by atoms with van der Waals surface area (Å²) in [6.07, 6.45) is 1.52. The smallest absolute Gasteiger partial charge is 0.277 e. The Morgan fingerprint density at radius 2 is 2.00 bits per heavy atom. The minimum Gasteiger partial charge on any atom is -0.484 e. The molecule has 0 radical (unpaired) electrons. The molecule has 3 aromatic heterocycles.